The number of carbonyl (C=O) groups excluding carboxylic acids is 1. The van der Waals surface area contributed by atoms with Gasteiger partial charge in [-0.25, -0.2) is 0 Å². The summed E-state index contributed by atoms with van der Waals surface area (Å²) < 4.78 is 15.8. The van der Waals surface area contributed by atoms with E-state index in [0.29, 0.717) is 17.2 Å². The molecule has 3 rings (SSSR count). The van der Waals surface area contributed by atoms with E-state index in [4.69, 9.17) is 14.2 Å². The maximum atomic E-state index is 12.1. The van der Waals surface area contributed by atoms with E-state index in [1.807, 2.05) is 43.3 Å². The maximum Gasteiger partial charge on any atom is 0.248 e. The zero-order valence-corrected chi connectivity index (χ0v) is 13.0. The molecular weight excluding hydrogens is 294 g/mol. The minimum absolute atomic E-state index is 0.232. The van der Waals surface area contributed by atoms with Gasteiger partial charge in [0.15, 0.2) is 11.5 Å². The van der Waals surface area contributed by atoms with Crippen LogP contribution in [0.15, 0.2) is 42.5 Å². The third-order valence-electron chi connectivity index (χ3n) is 3.44. The first-order valence-electron chi connectivity index (χ1n) is 7.19. The van der Waals surface area contributed by atoms with Crippen LogP contribution in [0, 0.1) is 6.92 Å². The zero-order valence-electron chi connectivity index (χ0n) is 13.0. The topological polar surface area (TPSA) is 56.8 Å². The van der Waals surface area contributed by atoms with Crippen molar-refractivity contribution >= 4 is 17.7 Å². The van der Waals surface area contributed by atoms with Crippen molar-refractivity contribution in [2.45, 2.75) is 6.92 Å². The number of nitrogens with one attached hydrogen (secondary N) is 1. The summed E-state index contributed by atoms with van der Waals surface area (Å²) in [6.45, 7) is 2.20. The average molecular weight is 311 g/mol. The van der Waals surface area contributed by atoms with Crippen LogP contribution in [-0.4, -0.2) is 19.8 Å². The molecule has 0 saturated heterocycles. The summed E-state index contributed by atoms with van der Waals surface area (Å²) in [5, 5.41) is 2.80. The number of amides is 1. The molecule has 0 spiro atoms. The molecule has 1 aliphatic rings. The van der Waals surface area contributed by atoms with Crippen molar-refractivity contribution < 1.29 is 19.0 Å². The largest absolute Gasteiger partial charge is 0.495 e. The van der Waals surface area contributed by atoms with Gasteiger partial charge in [-0.1, -0.05) is 12.1 Å². The predicted octanol–water partition coefficient (Wildman–Crippen LogP) is 3.38. The number of rotatable bonds is 4. The Bertz CT molecular complexity index is 768. The first-order valence-corrected chi connectivity index (χ1v) is 7.19. The van der Waals surface area contributed by atoms with E-state index < -0.39 is 0 Å². The summed E-state index contributed by atoms with van der Waals surface area (Å²) in [6.07, 6.45) is 3.19. The highest BCUT2D eigenvalue weighted by Gasteiger charge is 2.12. The van der Waals surface area contributed by atoms with Gasteiger partial charge in [0, 0.05) is 6.08 Å². The van der Waals surface area contributed by atoms with Crippen molar-refractivity contribution in [3.05, 3.63) is 53.6 Å². The molecule has 5 heteroatoms. The fourth-order valence-electron chi connectivity index (χ4n) is 2.26. The van der Waals surface area contributed by atoms with E-state index in [0.717, 1.165) is 16.9 Å². The van der Waals surface area contributed by atoms with Crippen LogP contribution in [0.3, 0.4) is 0 Å². The molecule has 1 amide bonds. The molecule has 2 aromatic carbocycles. The van der Waals surface area contributed by atoms with Crippen LogP contribution in [0.4, 0.5) is 5.69 Å². The second-order valence-electron chi connectivity index (χ2n) is 5.14. The summed E-state index contributed by atoms with van der Waals surface area (Å²) >= 11 is 0. The number of carbonyl (C=O) groups is 1. The standard InChI is InChI=1S/C18H17NO4/c1-12-3-6-14(16(9-12)21-2)19-18(20)8-5-13-4-7-15-17(10-13)23-11-22-15/h3-10H,11H2,1-2H3,(H,19,20)/b8-5+. The van der Waals surface area contributed by atoms with Crippen LogP contribution in [0.1, 0.15) is 11.1 Å². The van der Waals surface area contributed by atoms with Crippen LogP contribution in [-0.2, 0) is 4.79 Å². The molecule has 1 N–H and O–H groups in total. The first kappa shape index (κ1) is 15.0. The van der Waals surface area contributed by atoms with Crippen molar-refractivity contribution in [3.63, 3.8) is 0 Å². The number of ether oxygens (including phenoxy) is 3. The SMILES string of the molecule is COc1cc(C)ccc1NC(=O)/C=C/c1ccc2c(c1)OCO2. The van der Waals surface area contributed by atoms with Crippen LogP contribution < -0.4 is 19.5 Å². The molecule has 2 aromatic rings. The summed E-state index contributed by atoms with van der Waals surface area (Å²) in [5.41, 5.74) is 2.56. The van der Waals surface area contributed by atoms with Gasteiger partial charge >= 0.3 is 0 Å². The minimum atomic E-state index is -0.232. The van der Waals surface area contributed by atoms with Gasteiger partial charge in [0.05, 0.1) is 12.8 Å². The quantitative estimate of drug-likeness (QED) is 0.879. The predicted molar refractivity (Wildman–Crippen MR) is 88.0 cm³/mol. The van der Waals surface area contributed by atoms with Crippen molar-refractivity contribution in [1.82, 2.24) is 0 Å². The molecule has 0 atom stereocenters. The van der Waals surface area contributed by atoms with Crippen LogP contribution >= 0.6 is 0 Å². The Labute approximate surface area is 134 Å². The molecule has 23 heavy (non-hydrogen) atoms. The van der Waals surface area contributed by atoms with E-state index in [1.54, 1.807) is 13.2 Å². The Morgan fingerprint density at radius 3 is 2.83 bits per heavy atom. The Morgan fingerprint density at radius 2 is 2.00 bits per heavy atom. The molecule has 0 saturated carbocycles. The number of anilines is 1. The van der Waals surface area contributed by atoms with Gasteiger partial charge in [-0.05, 0) is 48.4 Å². The Hall–Kier alpha value is -2.95. The highest BCUT2D eigenvalue weighted by molar-refractivity contribution is 6.02. The second-order valence-corrected chi connectivity index (χ2v) is 5.14. The molecule has 118 valence electrons. The lowest BCUT2D eigenvalue weighted by Gasteiger charge is -2.09. The van der Waals surface area contributed by atoms with Gasteiger partial charge in [-0.15, -0.1) is 0 Å². The molecule has 5 nitrogen and oxygen atoms in total. The normalized spacial score (nSPS) is 12.4. The van der Waals surface area contributed by atoms with E-state index in [2.05, 4.69) is 5.32 Å². The van der Waals surface area contributed by atoms with Crippen molar-refractivity contribution in [2.75, 3.05) is 19.2 Å². The number of hydrogen-bond acceptors (Lipinski definition) is 4. The second kappa shape index (κ2) is 6.44. The van der Waals surface area contributed by atoms with Gasteiger partial charge in [0.2, 0.25) is 12.7 Å². The van der Waals surface area contributed by atoms with E-state index in [9.17, 15) is 4.79 Å². The van der Waals surface area contributed by atoms with Gasteiger partial charge in [0.25, 0.3) is 0 Å². The number of aryl methyl sites for hydroxylation is 1. The van der Waals surface area contributed by atoms with Gasteiger partial charge in [-0.3, -0.25) is 4.79 Å². The number of hydrogen-bond donors (Lipinski definition) is 1. The third kappa shape index (κ3) is 3.45. The fourth-order valence-corrected chi connectivity index (χ4v) is 2.26. The highest BCUT2D eigenvalue weighted by Crippen LogP contribution is 2.32. The van der Waals surface area contributed by atoms with Gasteiger partial charge < -0.3 is 19.5 Å². The van der Waals surface area contributed by atoms with Crippen LogP contribution in [0.2, 0.25) is 0 Å². The van der Waals surface area contributed by atoms with E-state index in [-0.39, 0.29) is 12.7 Å². The number of fused-ring (bicyclic) bond motifs is 1. The molecule has 0 radical (unpaired) electrons. The van der Waals surface area contributed by atoms with Crippen LogP contribution in [0.5, 0.6) is 17.2 Å². The van der Waals surface area contributed by atoms with Gasteiger partial charge in [0.1, 0.15) is 5.75 Å². The Balaban J connectivity index is 1.70. The lowest BCUT2D eigenvalue weighted by atomic mass is 10.2. The Morgan fingerprint density at radius 1 is 1.17 bits per heavy atom. The summed E-state index contributed by atoms with van der Waals surface area (Å²) in [5.74, 6) is 1.81. The molecule has 0 aromatic heterocycles. The van der Waals surface area contributed by atoms with Crippen molar-refractivity contribution in [1.29, 1.82) is 0 Å². The van der Waals surface area contributed by atoms with Crippen molar-refractivity contribution in [3.8, 4) is 17.2 Å². The average Bonchev–Trinajstić information content (AvgIpc) is 3.02. The number of methoxy groups -OCH3 is 1. The molecule has 0 aliphatic carbocycles. The highest BCUT2D eigenvalue weighted by atomic mass is 16.7. The molecule has 1 heterocycles. The van der Waals surface area contributed by atoms with E-state index in [1.165, 1.54) is 6.08 Å². The molecule has 1 aliphatic heterocycles. The third-order valence-corrected chi connectivity index (χ3v) is 3.44. The Kier molecular flexibility index (Phi) is 4.19. The molecule has 0 fully saturated rings. The maximum absolute atomic E-state index is 12.1. The smallest absolute Gasteiger partial charge is 0.248 e. The summed E-state index contributed by atoms with van der Waals surface area (Å²) in [4.78, 5) is 12.1. The summed E-state index contributed by atoms with van der Waals surface area (Å²) in [6, 6.07) is 11.1. The monoisotopic (exact) mass is 311 g/mol. The van der Waals surface area contributed by atoms with Crippen LogP contribution in [0.25, 0.3) is 6.08 Å². The summed E-state index contributed by atoms with van der Waals surface area (Å²) in [7, 11) is 1.58. The zero-order chi connectivity index (χ0) is 16.2. The molecular formula is C18H17NO4. The molecule has 0 bridgehead atoms. The first-order chi connectivity index (χ1) is 11.2. The lowest BCUT2D eigenvalue weighted by molar-refractivity contribution is -0.111. The number of benzene rings is 2. The van der Waals surface area contributed by atoms with Crippen molar-refractivity contribution in [2.24, 2.45) is 0 Å². The minimum Gasteiger partial charge on any atom is -0.495 e. The van der Waals surface area contributed by atoms with Gasteiger partial charge in [-0.2, -0.15) is 0 Å². The van der Waals surface area contributed by atoms with E-state index >= 15 is 0 Å². The lowest BCUT2D eigenvalue weighted by Crippen LogP contribution is -2.08. The molecule has 0 unspecified atom stereocenters. The fraction of sp³-hybridized carbons (Fsp3) is 0.167.